The van der Waals surface area contributed by atoms with E-state index in [1.165, 1.54) is 18.2 Å². The SMILES string of the molecule is O=C(Cc1c(F)cccc1F)N1CC[C@@H](c2ccc3c(c2)OCO3)C1. The normalized spacial score (nSPS) is 18.6. The van der Waals surface area contributed by atoms with Gasteiger partial charge < -0.3 is 14.4 Å². The third-order valence-electron chi connectivity index (χ3n) is 4.80. The summed E-state index contributed by atoms with van der Waals surface area (Å²) in [5, 5.41) is 0. The summed E-state index contributed by atoms with van der Waals surface area (Å²) in [5.74, 6) is 0.0105. The lowest BCUT2D eigenvalue weighted by atomic mass is 9.98. The van der Waals surface area contributed by atoms with Crippen molar-refractivity contribution in [1.29, 1.82) is 0 Å². The molecule has 0 saturated carbocycles. The molecule has 1 fully saturated rings. The lowest BCUT2D eigenvalue weighted by Crippen LogP contribution is -2.30. The lowest BCUT2D eigenvalue weighted by molar-refractivity contribution is -0.129. The first-order chi connectivity index (χ1) is 12.1. The van der Waals surface area contributed by atoms with Crippen molar-refractivity contribution in [2.24, 2.45) is 0 Å². The summed E-state index contributed by atoms with van der Waals surface area (Å²) in [7, 11) is 0. The van der Waals surface area contributed by atoms with Crippen molar-refractivity contribution in [3.8, 4) is 11.5 Å². The highest BCUT2D eigenvalue weighted by Crippen LogP contribution is 2.37. The van der Waals surface area contributed by atoms with Gasteiger partial charge in [0, 0.05) is 24.6 Å². The molecule has 0 spiro atoms. The van der Waals surface area contributed by atoms with Gasteiger partial charge in [-0.3, -0.25) is 4.79 Å². The van der Waals surface area contributed by atoms with Gasteiger partial charge in [-0.1, -0.05) is 12.1 Å². The van der Waals surface area contributed by atoms with Crippen molar-refractivity contribution in [1.82, 2.24) is 4.90 Å². The summed E-state index contributed by atoms with van der Waals surface area (Å²) in [6.45, 7) is 1.34. The Morgan fingerprint density at radius 1 is 1.12 bits per heavy atom. The van der Waals surface area contributed by atoms with E-state index in [1.54, 1.807) is 4.90 Å². The first-order valence-electron chi connectivity index (χ1n) is 8.22. The minimum Gasteiger partial charge on any atom is -0.454 e. The van der Waals surface area contributed by atoms with Gasteiger partial charge in [-0.25, -0.2) is 8.78 Å². The number of hydrogen-bond acceptors (Lipinski definition) is 3. The molecule has 130 valence electrons. The van der Waals surface area contributed by atoms with Crippen LogP contribution in [0.5, 0.6) is 11.5 Å². The van der Waals surface area contributed by atoms with Crippen molar-refractivity contribution in [3.63, 3.8) is 0 Å². The highest BCUT2D eigenvalue weighted by molar-refractivity contribution is 5.79. The number of amides is 1. The first-order valence-corrected chi connectivity index (χ1v) is 8.22. The molecule has 0 N–H and O–H groups in total. The van der Waals surface area contributed by atoms with Crippen LogP contribution in [0.3, 0.4) is 0 Å². The molecule has 2 aliphatic rings. The largest absolute Gasteiger partial charge is 0.454 e. The van der Waals surface area contributed by atoms with Gasteiger partial charge in [0.1, 0.15) is 11.6 Å². The second-order valence-corrected chi connectivity index (χ2v) is 6.32. The fourth-order valence-electron chi connectivity index (χ4n) is 3.39. The second-order valence-electron chi connectivity index (χ2n) is 6.32. The van der Waals surface area contributed by atoms with Crippen molar-refractivity contribution < 1.29 is 23.0 Å². The number of rotatable bonds is 3. The number of carbonyl (C=O) groups is 1. The predicted molar refractivity (Wildman–Crippen MR) is 86.6 cm³/mol. The zero-order chi connectivity index (χ0) is 17.4. The molecule has 25 heavy (non-hydrogen) atoms. The first kappa shape index (κ1) is 15.9. The summed E-state index contributed by atoms with van der Waals surface area (Å²) < 4.78 is 38.2. The van der Waals surface area contributed by atoms with E-state index in [-0.39, 0.29) is 30.6 Å². The summed E-state index contributed by atoms with van der Waals surface area (Å²) in [4.78, 5) is 14.1. The number of halogens is 2. The Morgan fingerprint density at radius 2 is 1.88 bits per heavy atom. The van der Waals surface area contributed by atoms with Crippen LogP contribution in [0.4, 0.5) is 8.78 Å². The van der Waals surface area contributed by atoms with Gasteiger partial charge in [0.15, 0.2) is 11.5 Å². The minimum atomic E-state index is -0.681. The molecule has 0 radical (unpaired) electrons. The smallest absolute Gasteiger partial charge is 0.231 e. The van der Waals surface area contributed by atoms with Crippen molar-refractivity contribution in [2.45, 2.75) is 18.8 Å². The molecule has 0 aromatic heterocycles. The number of hydrogen-bond donors (Lipinski definition) is 0. The lowest BCUT2D eigenvalue weighted by Gasteiger charge is -2.17. The van der Waals surface area contributed by atoms with E-state index in [0.717, 1.165) is 23.5 Å². The van der Waals surface area contributed by atoms with Crippen LogP contribution in [0.1, 0.15) is 23.5 Å². The molecular weight excluding hydrogens is 328 g/mol. The van der Waals surface area contributed by atoms with Gasteiger partial charge in [0.2, 0.25) is 12.7 Å². The topological polar surface area (TPSA) is 38.8 Å². The van der Waals surface area contributed by atoms with Gasteiger partial charge in [0.05, 0.1) is 6.42 Å². The van der Waals surface area contributed by atoms with E-state index in [4.69, 9.17) is 9.47 Å². The van der Waals surface area contributed by atoms with Crippen molar-refractivity contribution >= 4 is 5.91 Å². The van der Waals surface area contributed by atoms with E-state index in [1.807, 2.05) is 18.2 Å². The van der Waals surface area contributed by atoms with Crippen LogP contribution in [0.2, 0.25) is 0 Å². The Morgan fingerprint density at radius 3 is 2.68 bits per heavy atom. The van der Waals surface area contributed by atoms with E-state index >= 15 is 0 Å². The molecule has 0 bridgehead atoms. The quantitative estimate of drug-likeness (QED) is 0.857. The summed E-state index contributed by atoms with van der Waals surface area (Å²) >= 11 is 0. The van der Waals surface area contributed by atoms with Gasteiger partial charge in [0.25, 0.3) is 0 Å². The van der Waals surface area contributed by atoms with Gasteiger partial charge in [-0.2, -0.15) is 0 Å². The standard InChI is InChI=1S/C19H17F2NO3/c20-15-2-1-3-16(21)14(15)9-19(23)22-7-6-13(10-22)12-4-5-17-18(8-12)25-11-24-17/h1-5,8,13H,6-7,9-11H2/t13-/m1/s1. The van der Waals surface area contributed by atoms with E-state index in [0.29, 0.717) is 13.1 Å². The minimum absolute atomic E-state index is 0.168. The zero-order valence-electron chi connectivity index (χ0n) is 13.5. The Labute approximate surface area is 144 Å². The third-order valence-corrected chi connectivity index (χ3v) is 4.80. The van der Waals surface area contributed by atoms with E-state index in [2.05, 4.69) is 0 Å². The molecule has 4 nitrogen and oxygen atoms in total. The number of likely N-dealkylation sites (tertiary alicyclic amines) is 1. The average Bonchev–Trinajstić information content (AvgIpc) is 3.26. The van der Waals surface area contributed by atoms with Crippen LogP contribution in [0.25, 0.3) is 0 Å². The molecule has 1 amide bonds. The fraction of sp³-hybridized carbons (Fsp3) is 0.316. The van der Waals surface area contributed by atoms with Crippen molar-refractivity contribution in [2.75, 3.05) is 19.9 Å². The van der Waals surface area contributed by atoms with Crippen LogP contribution < -0.4 is 9.47 Å². The van der Waals surface area contributed by atoms with Gasteiger partial charge >= 0.3 is 0 Å². The number of ether oxygens (including phenoxy) is 2. The molecule has 2 aliphatic heterocycles. The molecule has 6 heteroatoms. The highest BCUT2D eigenvalue weighted by Gasteiger charge is 2.29. The maximum Gasteiger partial charge on any atom is 0.231 e. The van der Waals surface area contributed by atoms with Gasteiger partial charge in [-0.15, -0.1) is 0 Å². The average molecular weight is 345 g/mol. The van der Waals surface area contributed by atoms with Gasteiger partial charge in [-0.05, 0) is 36.2 Å². The maximum atomic E-state index is 13.7. The molecule has 1 atom stereocenters. The van der Waals surface area contributed by atoms with Crippen LogP contribution in [-0.4, -0.2) is 30.7 Å². The Bertz CT molecular complexity index is 804. The van der Waals surface area contributed by atoms with Crippen LogP contribution in [0, 0.1) is 11.6 Å². The molecule has 0 unspecified atom stereocenters. The van der Waals surface area contributed by atoms with Crippen molar-refractivity contribution in [3.05, 3.63) is 59.2 Å². The molecule has 2 heterocycles. The number of nitrogens with zero attached hydrogens (tertiary/aromatic N) is 1. The maximum absolute atomic E-state index is 13.7. The summed E-state index contributed by atoms with van der Waals surface area (Å²) in [5.41, 5.74) is 0.913. The molecule has 2 aromatic carbocycles. The molecule has 2 aromatic rings. The number of carbonyl (C=O) groups excluding carboxylic acids is 1. The summed E-state index contributed by atoms with van der Waals surface area (Å²) in [6, 6.07) is 9.43. The monoisotopic (exact) mass is 345 g/mol. The predicted octanol–water partition coefficient (Wildman–Crippen LogP) is 3.25. The van der Waals surface area contributed by atoms with Crippen LogP contribution in [0.15, 0.2) is 36.4 Å². The Balaban J connectivity index is 1.44. The molecule has 0 aliphatic carbocycles. The number of fused-ring (bicyclic) bond motifs is 1. The molecular formula is C19H17F2NO3. The Hall–Kier alpha value is -2.63. The highest BCUT2D eigenvalue weighted by atomic mass is 19.1. The third kappa shape index (κ3) is 3.04. The Kier molecular flexibility index (Phi) is 4.03. The van der Waals surface area contributed by atoms with Crippen LogP contribution in [-0.2, 0) is 11.2 Å². The summed E-state index contributed by atoms with van der Waals surface area (Å²) in [6.07, 6.45) is 0.553. The second kappa shape index (κ2) is 6.35. The van der Waals surface area contributed by atoms with Crippen LogP contribution >= 0.6 is 0 Å². The molecule has 4 rings (SSSR count). The van der Waals surface area contributed by atoms with E-state index in [9.17, 15) is 13.6 Å². The zero-order valence-corrected chi connectivity index (χ0v) is 13.5. The molecule has 1 saturated heterocycles. The fourth-order valence-corrected chi connectivity index (χ4v) is 3.39. The van der Waals surface area contributed by atoms with E-state index < -0.39 is 11.6 Å². The number of benzene rings is 2.